The molecule has 0 fully saturated rings. The van der Waals surface area contributed by atoms with E-state index in [0.717, 1.165) is 0 Å². The number of hydrogen-bond acceptors (Lipinski definition) is 5. The van der Waals surface area contributed by atoms with Gasteiger partial charge in [-0.3, -0.25) is 0 Å². The molecule has 2 rings (SSSR count). The fourth-order valence-corrected chi connectivity index (χ4v) is 2.36. The summed E-state index contributed by atoms with van der Waals surface area (Å²) in [5.41, 5.74) is 6.53. The first-order valence-electron chi connectivity index (χ1n) is 7.98. The molecular formula is C18H21F3IN3O4. The van der Waals surface area contributed by atoms with Crippen molar-refractivity contribution in [3.05, 3.63) is 42.0 Å². The van der Waals surface area contributed by atoms with Gasteiger partial charge in [0.05, 0.1) is 33.6 Å². The van der Waals surface area contributed by atoms with Crippen LogP contribution >= 0.6 is 24.0 Å². The Bertz CT molecular complexity index is 822. The molecule has 0 aliphatic heterocycles. The molecule has 2 aromatic carbocycles. The van der Waals surface area contributed by atoms with Gasteiger partial charge in [-0.2, -0.15) is 0 Å². The second-order valence-corrected chi connectivity index (χ2v) is 5.40. The third-order valence-corrected chi connectivity index (χ3v) is 3.53. The lowest BCUT2D eigenvalue weighted by Gasteiger charge is -2.15. The number of benzene rings is 2. The van der Waals surface area contributed by atoms with Gasteiger partial charge in [0.2, 0.25) is 5.75 Å². The average molecular weight is 527 g/mol. The second-order valence-electron chi connectivity index (χ2n) is 5.40. The van der Waals surface area contributed by atoms with Crippen molar-refractivity contribution in [2.24, 2.45) is 10.7 Å². The number of nitrogens with one attached hydrogen (secondary N) is 1. The van der Waals surface area contributed by atoms with Gasteiger partial charge in [0.25, 0.3) is 0 Å². The van der Waals surface area contributed by atoms with E-state index in [1.807, 2.05) is 0 Å². The Morgan fingerprint density at radius 3 is 2.10 bits per heavy atom. The normalized spacial score (nSPS) is 11.3. The molecule has 0 aromatic heterocycles. The van der Waals surface area contributed by atoms with Crippen molar-refractivity contribution in [3.8, 4) is 23.0 Å². The summed E-state index contributed by atoms with van der Waals surface area (Å²) in [6.45, 7) is 0.123. The number of methoxy groups -OCH3 is 3. The minimum atomic E-state index is -4.82. The molecule has 0 saturated carbocycles. The molecule has 0 spiro atoms. The lowest BCUT2D eigenvalue weighted by molar-refractivity contribution is -0.274. The van der Waals surface area contributed by atoms with E-state index < -0.39 is 12.1 Å². The number of nitrogens with zero attached hydrogens (tertiary/aromatic N) is 1. The largest absolute Gasteiger partial charge is 0.573 e. The van der Waals surface area contributed by atoms with Crippen LogP contribution in [-0.2, 0) is 6.54 Å². The molecule has 0 unspecified atom stereocenters. The zero-order valence-corrected chi connectivity index (χ0v) is 18.2. The van der Waals surface area contributed by atoms with Crippen molar-refractivity contribution in [2.45, 2.75) is 12.9 Å². The highest BCUT2D eigenvalue weighted by molar-refractivity contribution is 14.0. The van der Waals surface area contributed by atoms with E-state index in [2.05, 4.69) is 15.0 Å². The number of rotatable bonds is 7. The summed E-state index contributed by atoms with van der Waals surface area (Å²) in [5.74, 6) is 0.819. The van der Waals surface area contributed by atoms with E-state index in [0.29, 0.717) is 22.8 Å². The first kappa shape index (κ1) is 24.5. The Balaban J connectivity index is 0.00000420. The van der Waals surface area contributed by atoms with E-state index in [9.17, 15) is 13.2 Å². The van der Waals surface area contributed by atoms with E-state index in [1.165, 1.54) is 45.6 Å². The summed E-state index contributed by atoms with van der Waals surface area (Å²) < 4.78 is 57.2. The van der Waals surface area contributed by atoms with Gasteiger partial charge >= 0.3 is 6.36 Å². The molecule has 0 aliphatic rings. The topological polar surface area (TPSA) is 87.3 Å². The summed E-state index contributed by atoms with van der Waals surface area (Å²) in [4.78, 5) is 4.13. The molecule has 0 saturated heterocycles. The quantitative estimate of drug-likeness (QED) is 0.320. The van der Waals surface area contributed by atoms with Crippen molar-refractivity contribution in [3.63, 3.8) is 0 Å². The average Bonchev–Trinajstić information content (AvgIpc) is 2.65. The van der Waals surface area contributed by atoms with E-state index in [1.54, 1.807) is 12.1 Å². The van der Waals surface area contributed by atoms with Crippen LogP contribution in [0.15, 0.2) is 41.4 Å². The smallest absolute Gasteiger partial charge is 0.493 e. The van der Waals surface area contributed by atoms with Crippen LogP contribution in [-0.4, -0.2) is 33.7 Å². The van der Waals surface area contributed by atoms with Crippen molar-refractivity contribution in [1.82, 2.24) is 0 Å². The summed E-state index contributed by atoms with van der Waals surface area (Å²) in [7, 11) is 4.45. The van der Waals surface area contributed by atoms with Gasteiger partial charge in [-0.1, -0.05) is 12.1 Å². The maximum Gasteiger partial charge on any atom is 0.573 e. The summed E-state index contributed by atoms with van der Waals surface area (Å²) in [6.07, 6.45) is -4.82. The van der Waals surface area contributed by atoms with Crippen LogP contribution < -0.4 is 30.0 Å². The van der Waals surface area contributed by atoms with Crippen LogP contribution in [0, 0.1) is 0 Å². The summed E-state index contributed by atoms with van der Waals surface area (Å²) in [6, 6.07) is 8.90. The molecule has 2 aromatic rings. The Kier molecular flexibility index (Phi) is 9.14. The number of para-hydroxylation sites is 2. The van der Waals surface area contributed by atoms with Crippen molar-refractivity contribution in [1.29, 1.82) is 0 Å². The molecule has 3 N–H and O–H groups in total. The van der Waals surface area contributed by atoms with Gasteiger partial charge in [-0.25, -0.2) is 4.99 Å². The van der Waals surface area contributed by atoms with Crippen LogP contribution in [0.2, 0.25) is 0 Å². The minimum Gasteiger partial charge on any atom is -0.493 e. The Morgan fingerprint density at radius 2 is 1.59 bits per heavy atom. The third kappa shape index (κ3) is 7.07. The number of guanidine groups is 1. The van der Waals surface area contributed by atoms with Gasteiger partial charge in [-0.15, -0.1) is 37.1 Å². The molecule has 7 nitrogen and oxygen atoms in total. The molecule has 0 atom stereocenters. The standard InChI is InChI=1S/C18H20F3N3O4.HI/c1-25-14-8-11(9-15(26-2)16(14)27-3)10-23-17(22)24-12-6-4-5-7-13(12)28-18(19,20)21;/h4-9H,10H2,1-3H3,(H3,22,23,24);1H. The lowest BCUT2D eigenvalue weighted by atomic mass is 10.2. The maximum atomic E-state index is 12.5. The lowest BCUT2D eigenvalue weighted by Crippen LogP contribution is -2.24. The zero-order chi connectivity index (χ0) is 20.7. The van der Waals surface area contributed by atoms with Crippen molar-refractivity contribution < 1.29 is 32.1 Å². The minimum absolute atomic E-state index is 0. The Hall–Kier alpha value is -2.57. The number of aliphatic imine (C=N–C) groups is 1. The van der Waals surface area contributed by atoms with Crippen LogP contribution in [0.25, 0.3) is 0 Å². The first-order valence-corrected chi connectivity index (χ1v) is 7.98. The number of alkyl halides is 3. The van der Waals surface area contributed by atoms with Gasteiger partial charge in [-0.05, 0) is 29.8 Å². The fraction of sp³-hybridized carbons (Fsp3) is 0.278. The highest BCUT2D eigenvalue weighted by Crippen LogP contribution is 2.38. The number of halogens is 4. The van der Waals surface area contributed by atoms with Crippen molar-refractivity contribution >= 4 is 35.6 Å². The third-order valence-electron chi connectivity index (χ3n) is 3.53. The van der Waals surface area contributed by atoms with Gasteiger partial charge in [0.1, 0.15) is 0 Å². The molecule has 0 radical (unpaired) electrons. The predicted octanol–water partition coefficient (Wildman–Crippen LogP) is 4.16. The van der Waals surface area contributed by atoms with Gasteiger partial charge in [0, 0.05) is 0 Å². The van der Waals surface area contributed by atoms with Crippen LogP contribution in [0.1, 0.15) is 5.56 Å². The summed E-state index contributed by atoms with van der Waals surface area (Å²) >= 11 is 0. The van der Waals surface area contributed by atoms with Crippen LogP contribution in [0.3, 0.4) is 0 Å². The van der Waals surface area contributed by atoms with E-state index in [4.69, 9.17) is 19.9 Å². The van der Waals surface area contributed by atoms with Crippen molar-refractivity contribution in [2.75, 3.05) is 26.6 Å². The zero-order valence-electron chi connectivity index (χ0n) is 15.9. The van der Waals surface area contributed by atoms with Gasteiger partial charge < -0.3 is 30.0 Å². The van der Waals surface area contributed by atoms with Crippen LogP contribution in [0.4, 0.5) is 18.9 Å². The molecular weight excluding hydrogens is 506 g/mol. The molecule has 11 heteroatoms. The fourth-order valence-electron chi connectivity index (χ4n) is 2.36. The highest BCUT2D eigenvalue weighted by atomic mass is 127. The molecule has 0 amide bonds. The predicted molar refractivity (Wildman–Crippen MR) is 114 cm³/mol. The summed E-state index contributed by atoms with van der Waals surface area (Å²) in [5, 5.41) is 2.60. The number of anilines is 1. The molecule has 0 bridgehead atoms. The van der Waals surface area contributed by atoms with E-state index in [-0.39, 0.29) is 42.2 Å². The SMILES string of the molecule is COc1cc(CN=C(N)Nc2ccccc2OC(F)(F)F)cc(OC)c1OC.I. The number of nitrogens with two attached hydrogens (primary N) is 1. The highest BCUT2D eigenvalue weighted by Gasteiger charge is 2.32. The number of hydrogen-bond donors (Lipinski definition) is 2. The molecule has 29 heavy (non-hydrogen) atoms. The van der Waals surface area contributed by atoms with Crippen LogP contribution in [0.5, 0.6) is 23.0 Å². The van der Waals surface area contributed by atoms with Gasteiger partial charge in [0.15, 0.2) is 23.2 Å². The number of ether oxygens (including phenoxy) is 4. The Labute approximate surface area is 183 Å². The first-order chi connectivity index (χ1) is 13.3. The monoisotopic (exact) mass is 527 g/mol. The van der Waals surface area contributed by atoms with E-state index >= 15 is 0 Å². The maximum absolute atomic E-state index is 12.5. The molecule has 160 valence electrons. The Morgan fingerprint density at radius 1 is 1.00 bits per heavy atom. The molecule has 0 aliphatic carbocycles. The molecule has 0 heterocycles. The second kappa shape index (κ2) is 10.8.